The summed E-state index contributed by atoms with van der Waals surface area (Å²) in [4.78, 5) is 0. The molecular weight excluding hydrogens is 244 g/mol. The van der Waals surface area contributed by atoms with Gasteiger partial charge in [0.05, 0.1) is 0 Å². The van der Waals surface area contributed by atoms with Crippen LogP contribution in [0.5, 0.6) is 5.75 Å². The quantitative estimate of drug-likeness (QED) is 0.758. The van der Waals surface area contributed by atoms with Crippen LogP contribution in [0.3, 0.4) is 0 Å². The molecule has 0 fully saturated rings. The highest BCUT2D eigenvalue weighted by Crippen LogP contribution is 2.28. The predicted molar refractivity (Wildman–Crippen MR) is 85.9 cm³/mol. The van der Waals surface area contributed by atoms with E-state index in [0.717, 1.165) is 12.0 Å². The highest BCUT2D eigenvalue weighted by molar-refractivity contribution is 5.51. The Morgan fingerprint density at radius 1 is 1.15 bits per heavy atom. The summed E-state index contributed by atoms with van der Waals surface area (Å²) in [5.74, 6) is 0.517. The molecule has 102 valence electrons. The zero-order valence-corrected chi connectivity index (χ0v) is 11.8. The first-order valence-electron chi connectivity index (χ1n) is 6.86. The van der Waals surface area contributed by atoms with Gasteiger partial charge in [0.25, 0.3) is 0 Å². The molecule has 0 bridgehead atoms. The van der Waals surface area contributed by atoms with Gasteiger partial charge in [0.1, 0.15) is 5.75 Å². The zero-order valence-electron chi connectivity index (χ0n) is 11.8. The minimum atomic E-state index is 0.167. The molecule has 0 amide bonds. The molecule has 0 aliphatic heterocycles. The lowest BCUT2D eigenvalue weighted by Crippen LogP contribution is -1.92. The van der Waals surface area contributed by atoms with Gasteiger partial charge < -0.3 is 5.11 Å². The molecule has 1 N–H and O–H groups in total. The molecule has 1 unspecified atom stereocenters. The van der Waals surface area contributed by atoms with Crippen molar-refractivity contribution in [2.45, 2.75) is 19.3 Å². The molecule has 0 aromatic heterocycles. The first kappa shape index (κ1) is 14.1. The first-order valence-corrected chi connectivity index (χ1v) is 6.86. The molecule has 2 rings (SSSR count). The number of hydrogen-bond donors (Lipinski definition) is 1. The minimum absolute atomic E-state index is 0.167. The van der Waals surface area contributed by atoms with E-state index < -0.39 is 0 Å². The Morgan fingerprint density at radius 3 is 2.60 bits per heavy atom. The smallest absolute Gasteiger partial charge is 0.119 e. The van der Waals surface area contributed by atoms with Crippen LogP contribution in [0.25, 0.3) is 6.08 Å². The van der Waals surface area contributed by atoms with Gasteiger partial charge in [-0.05, 0) is 23.6 Å². The average Bonchev–Trinajstić information content (AvgIpc) is 2.48. The summed E-state index contributed by atoms with van der Waals surface area (Å²) >= 11 is 0. The summed E-state index contributed by atoms with van der Waals surface area (Å²) in [7, 11) is 0. The topological polar surface area (TPSA) is 20.2 Å². The molecule has 0 saturated carbocycles. The molecule has 0 heterocycles. The average molecular weight is 264 g/mol. The van der Waals surface area contributed by atoms with Crippen LogP contribution in [0, 0.1) is 0 Å². The first-order chi connectivity index (χ1) is 9.70. The van der Waals surface area contributed by atoms with Gasteiger partial charge in [0.2, 0.25) is 0 Å². The molecule has 2 aromatic rings. The monoisotopic (exact) mass is 264 g/mol. The van der Waals surface area contributed by atoms with Gasteiger partial charge in [0, 0.05) is 11.5 Å². The number of rotatable bonds is 5. The fourth-order valence-corrected chi connectivity index (χ4v) is 2.19. The Balaban J connectivity index is 2.20. The van der Waals surface area contributed by atoms with Gasteiger partial charge in [-0.15, -0.1) is 6.58 Å². The third-order valence-corrected chi connectivity index (χ3v) is 3.34. The molecule has 0 aliphatic carbocycles. The highest BCUT2D eigenvalue weighted by atomic mass is 16.3. The van der Waals surface area contributed by atoms with Crippen LogP contribution in [0.4, 0.5) is 0 Å². The van der Waals surface area contributed by atoms with E-state index in [2.05, 4.69) is 43.9 Å². The maximum atomic E-state index is 10.0. The fraction of sp³-hybridized carbons (Fsp3) is 0.158. The van der Waals surface area contributed by atoms with Crippen molar-refractivity contribution in [3.8, 4) is 5.75 Å². The Morgan fingerprint density at radius 2 is 1.90 bits per heavy atom. The predicted octanol–water partition coefficient (Wildman–Crippen LogP) is 4.94. The maximum absolute atomic E-state index is 10.0. The third kappa shape index (κ3) is 3.61. The van der Waals surface area contributed by atoms with Crippen molar-refractivity contribution in [2.24, 2.45) is 0 Å². The second-order valence-electron chi connectivity index (χ2n) is 4.94. The van der Waals surface area contributed by atoms with E-state index >= 15 is 0 Å². The second kappa shape index (κ2) is 6.76. The molecule has 1 heteroatoms. The van der Waals surface area contributed by atoms with Gasteiger partial charge in [-0.2, -0.15) is 0 Å². The van der Waals surface area contributed by atoms with E-state index in [1.807, 2.05) is 30.3 Å². The van der Waals surface area contributed by atoms with E-state index in [9.17, 15) is 5.11 Å². The van der Waals surface area contributed by atoms with Crippen LogP contribution in [-0.4, -0.2) is 5.11 Å². The van der Waals surface area contributed by atoms with Crippen LogP contribution in [0.1, 0.15) is 29.5 Å². The van der Waals surface area contributed by atoms with Crippen LogP contribution in [0.15, 0.2) is 67.3 Å². The van der Waals surface area contributed by atoms with Crippen molar-refractivity contribution in [1.29, 1.82) is 0 Å². The van der Waals surface area contributed by atoms with Crippen molar-refractivity contribution < 1.29 is 5.11 Å². The second-order valence-corrected chi connectivity index (χ2v) is 4.94. The number of phenols is 1. The van der Waals surface area contributed by atoms with Crippen LogP contribution >= 0.6 is 0 Å². The summed E-state index contributed by atoms with van der Waals surface area (Å²) in [6, 6.07) is 15.9. The molecule has 0 spiro atoms. The van der Waals surface area contributed by atoms with Gasteiger partial charge >= 0.3 is 0 Å². The summed E-state index contributed by atoms with van der Waals surface area (Å²) < 4.78 is 0. The Labute approximate surface area is 120 Å². The van der Waals surface area contributed by atoms with Crippen molar-refractivity contribution in [3.63, 3.8) is 0 Å². The van der Waals surface area contributed by atoms with Crippen molar-refractivity contribution in [2.75, 3.05) is 0 Å². The van der Waals surface area contributed by atoms with E-state index in [1.165, 1.54) is 11.1 Å². The van der Waals surface area contributed by atoms with E-state index in [4.69, 9.17) is 0 Å². The number of allylic oxidation sites excluding steroid dienone is 2. The van der Waals surface area contributed by atoms with E-state index in [-0.39, 0.29) is 5.92 Å². The molecule has 2 aromatic carbocycles. The Hall–Kier alpha value is -2.28. The lowest BCUT2D eigenvalue weighted by Gasteiger charge is -2.11. The molecule has 0 aliphatic rings. The fourth-order valence-electron chi connectivity index (χ4n) is 2.19. The van der Waals surface area contributed by atoms with Crippen molar-refractivity contribution >= 4 is 6.08 Å². The lowest BCUT2D eigenvalue weighted by atomic mass is 9.96. The summed E-state index contributed by atoms with van der Waals surface area (Å²) in [5.41, 5.74) is 3.30. The Kier molecular flexibility index (Phi) is 4.78. The molecular formula is C19H20O. The highest BCUT2D eigenvalue weighted by Gasteiger charge is 2.08. The number of benzene rings is 2. The molecule has 1 atom stereocenters. The maximum Gasteiger partial charge on any atom is 0.119 e. The van der Waals surface area contributed by atoms with E-state index in [1.54, 1.807) is 6.07 Å². The van der Waals surface area contributed by atoms with Crippen LogP contribution in [0.2, 0.25) is 0 Å². The third-order valence-electron chi connectivity index (χ3n) is 3.34. The van der Waals surface area contributed by atoms with Gasteiger partial charge in [-0.1, -0.05) is 67.6 Å². The Bertz CT molecular complexity index is 596. The summed E-state index contributed by atoms with van der Waals surface area (Å²) in [6.45, 7) is 5.84. The lowest BCUT2D eigenvalue weighted by molar-refractivity contribution is 0.466. The summed E-state index contributed by atoms with van der Waals surface area (Å²) in [6.07, 6.45) is 6.90. The number of aromatic hydroxyl groups is 1. The standard InChI is InChI=1S/C19H20O/c1-3-7-17-12-13-19(20)18(14-17)15(2)10-11-16-8-5-4-6-9-16/h3-6,8-15,20H,1,7H2,2H3/b11-10-. The van der Waals surface area contributed by atoms with Crippen molar-refractivity contribution in [1.82, 2.24) is 0 Å². The molecule has 1 nitrogen and oxygen atoms in total. The SMILES string of the molecule is C=CCc1ccc(O)c(C(C)/C=C\c2ccccc2)c1. The van der Waals surface area contributed by atoms with Gasteiger partial charge in [-0.3, -0.25) is 0 Å². The number of hydrogen-bond acceptors (Lipinski definition) is 1. The zero-order chi connectivity index (χ0) is 14.4. The number of phenolic OH excluding ortho intramolecular Hbond substituents is 1. The van der Waals surface area contributed by atoms with Crippen LogP contribution in [-0.2, 0) is 6.42 Å². The van der Waals surface area contributed by atoms with Crippen molar-refractivity contribution in [3.05, 3.63) is 84.0 Å². The largest absolute Gasteiger partial charge is 0.508 e. The summed E-state index contributed by atoms with van der Waals surface area (Å²) in [5, 5.41) is 10.0. The molecule has 20 heavy (non-hydrogen) atoms. The molecule has 0 radical (unpaired) electrons. The van der Waals surface area contributed by atoms with Gasteiger partial charge in [0.15, 0.2) is 0 Å². The van der Waals surface area contributed by atoms with Gasteiger partial charge in [-0.25, -0.2) is 0 Å². The minimum Gasteiger partial charge on any atom is -0.508 e. The van der Waals surface area contributed by atoms with Crippen LogP contribution < -0.4 is 0 Å². The van der Waals surface area contributed by atoms with E-state index in [0.29, 0.717) is 5.75 Å². The normalized spacial score (nSPS) is 12.4. The molecule has 0 saturated heterocycles.